The van der Waals surface area contributed by atoms with E-state index < -0.39 is 0 Å². The molecule has 1 aromatic rings. The summed E-state index contributed by atoms with van der Waals surface area (Å²) in [4.78, 5) is 5.09. The van der Waals surface area contributed by atoms with Gasteiger partial charge in [-0.05, 0) is 43.5 Å². The number of piperazine rings is 1. The van der Waals surface area contributed by atoms with E-state index in [0.29, 0.717) is 6.04 Å². The molecule has 3 rings (SSSR count). The van der Waals surface area contributed by atoms with Crippen molar-refractivity contribution in [3.05, 3.63) is 29.3 Å². The second-order valence-corrected chi connectivity index (χ2v) is 5.78. The van der Waals surface area contributed by atoms with Gasteiger partial charge in [-0.25, -0.2) is 0 Å². The monoisotopic (exact) mass is 260 g/mol. The molecule has 2 aliphatic rings. The first-order valence-electron chi connectivity index (χ1n) is 7.38. The number of rotatable bonds is 2. The van der Waals surface area contributed by atoms with E-state index in [2.05, 4.69) is 35.0 Å². The van der Waals surface area contributed by atoms with Gasteiger partial charge in [-0.15, -0.1) is 0 Å². The van der Waals surface area contributed by atoms with Crippen LogP contribution in [0.2, 0.25) is 0 Å². The Labute approximate surface area is 116 Å². The number of hydrogen-bond acceptors (Lipinski definition) is 3. The minimum atomic E-state index is 0.604. The van der Waals surface area contributed by atoms with Crippen molar-refractivity contribution in [1.82, 2.24) is 9.80 Å². The van der Waals surface area contributed by atoms with E-state index >= 15 is 0 Å². The maximum Gasteiger partial charge on any atom is 0.122 e. The van der Waals surface area contributed by atoms with Crippen LogP contribution in [0.15, 0.2) is 18.2 Å². The molecule has 1 fully saturated rings. The third kappa shape index (κ3) is 2.49. The molecule has 0 N–H and O–H groups in total. The number of benzene rings is 1. The lowest BCUT2D eigenvalue weighted by molar-refractivity contribution is 0.102. The molecule has 0 bridgehead atoms. The van der Waals surface area contributed by atoms with Crippen LogP contribution in [-0.4, -0.2) is 50.1 Å². The van der Waals surface area contributed by atoms with Crippen molar-refractivity contribution in [3.63, 3.8) is 0 Å². The van der Waals surface area contributed by atoms with Crippen molar-refractivity contribution in [2.75, 3.05) is 40.3 Å². The summed E-state index contributed by atoms with van der Waals surface area (Å²) in [6, 6.07) is 7.16. The summed E-state index contributed by atoms with van der Waals surface area (Å²) in [5, 5.41) is 0. The van der Waals surface area contributed by atoms with Gasteiger partial charge in [0, 0.05) is 32.2 Å². The summed E-state index contributed by atoms with van der Waals surface area (Å²) in [6.07, 6.45) is 3.75. The topological polar surface area (TPSA) is 15.7 Å². The van der Waals surface area contributed by atoms with Gasteiger partial charge in [-0.2, -0.15) is 0 Å². The number of hydrogen-bond donors (Lipinski definition) is 0. The van der Waals surface area contributed by atoms with E-state index in [4.69, 9.17) is 4.74 Å². The van der Waals surface area contributed by atoms with Crippen LogP contribution < -0.4 is 4.74 Å². The Kier molecular flexibility index (Phi) is 3.76. The first kappa shape index (κ1) is 12.9. The van der Waals surface area contributed by atoms with Crippen LogP contribution in [-0.2, 0) is 6.42 Å². The second-order valence-electron chi connectivity index (χ2n) is 5.78. The van der Waals surface area contributed by atoms with Gasteiger partial charge in [-0.1, -0.05) is 12.1 Å². The lowest BCUT2D eigenvalue weighted by Crippen LogP contribution is -2.46. The van der Waals surface area contributed by atoms with Crippen molar-refractivity contribution in [2.45, 2.75) is 25.3 Å². The van der Waals surface area contributed by atoms with Gasteiger partial charge in [0.1, 0.15) is 5.75 Å². The molecule has 1 aliphatic carbocycles. The van der Waals surface area contributed by atoms with E-state index in [1.807, 2.05) is 0 Å². The average Bonchev–Trinajstić information content (AvgIpc) is 2.47. The van der Waals surface area contributed by atoms with Crippen LogP contribution in [0.3, 0.4) is 0 Å². The molecular weight excluding hydrogens is 236 g/mol. The average molecular weight is 260 g/mol. The van der Waals surface area contributed by atoms with E-state index in [-0.39, 0.29) is 0 Å². The largest absolute Gasteiger partial charge is 0.496 e. The lowest BCUT2D eigenvalue weighted by Gasteiger charge is -2.40. The summed E-state index contributed by atoms with van der Waals surface area (Å²) >= 11 is 0. The summed E-state index contributed by atoms with van der Waals surface area (Å²) in [5.74, 6) is 1.08. The third-order valence-corrected chi connectivity index (χ3v) is 4.63. The van der Waals surface area contributed by atoms with Crippen molar-refractivity contribution >= 4 is 0 Å². The van der Waals surface area contributed by atoms with Gasteiger partial charge in [-0.3, -0.25) is 4.90 Å². The lowest BCUT2D eigenvalue weighted by atomic mass is 9.86. The summed E-state index contributed by atoms with van der Waals surface area (Å²) < 4.78 is 5.54. The number of ether oxygens (including phenoxy) is 1. The predicted molar refractivity (Wildman–Crippen MR) is 77.7 cm³/mol. The highest BCUT2D eigenvalue weighted by Gasteiger charge is 2.29. The summed E-state index contributed by atoms with van der Waals surface area (Å²) in [7, 11) is 4.00. The molecule has 0 saturated carbocycles. The number of nitrogens with zero attached hydrogens (tertiary/aromatic N) is 2. The zero-order chi connectivity index (χ0) is 13.2. The molecule has 0 spiro atoms. The van der Waals surface area contributed by atoms with E-state index in [9.17, 15) is 0 Å². The first-order valence-corrected chi connectivity index (χ1v) is 7.38. The molecule has 104 valence electrons. The molecule has 1 aliphatic heterocycles. The molecule has 1 unspecified atom stereocenters. The molecule has 1 atom stereocenters. The Bertz CT molecular complexity index is 438. The minimum absolute atomic E-state index is 0.604. The van der Waals surface area contributed by atoms with Crippen LogP contribution in [0.5, 0.6) is 5.75 Å². The molecule has 1 saturated heterocycles. The van der Waals surface area contributed by atoms with Gasteiger partial charge < -0.3 is 9.64 Å². The molecule has 0 aromatic heterocycles. The Morgan fingerprint density at radius 3 is 2.68 bits per heavy atom. The highest BCUT2D eigenvalue weighted by Crippen LogP contribution is 2.38. The smallest absolute Gasteiger partial charge is 0.122 e. The molecule has 3 nitrogen and oxygen atoms in total. The van der Waals surface area contributed by atoms with Gasteiger partial charge in [0.05, 0.1) is 7.11 Å². The Balaban J connectivity index is 1.86. The Morgan fingerprint density at radius 1 is 1.16 bits per heavy atom. The maximum absolute atomic E-state index is 5.54. The fraction of sp³-hybridized carbons (Fsp3) is 0.625. The van der Waals surface area contributed by atoms with E-state index in [1.54, 1.807) is 7.11 Å². The van der Waals surface area contributed by atoms with Gasteiger partial charge in [0.2, 0.25) is 0 Å². The fourth-order valence-electron chi connectivity index (χ4n) is 3.49. The maximum atomic E-state index is 5.54. The van der Waals surface area contributed by atoms with Crippen molar-refractivity contribution in [3.8, 4) is 5.75 Å². The number of likely N-dealkylation sites (N-methyl/N-ethyl adjacent to an activating group) is 1. The van der Waals surface area contributed by atoms with Crippen LogP contribution in [0.4, 0.5) is 0 Å². The molecule has 3 heteroatoms. The zero-order valence-corrected chi connectivity index (χ0v) is 12.1. The molecule has 1 aromatic carbocycles. The summed E-state index contributed by atoms with van der Waals surface area (Å²) in [6.45, 7) is 4.77. The van der Waals surface area contributed by atoms with Gasteiger partial charge in [0.25, 0.3) is 0 Å². The Morgan fingerprint density at radius 2 is 1.95 bits per heavy atom. The molecule has 1 heterocycles. The van der Waals surface area contributed by atoms with Crippen molar-refractivity contribution in [1.29, 1.82) is 0 Å². The third-order valence-electron chi connectivity index (χ3n) is 4.63. The highest BCUT2D eigenvalue weighted by molar-refractivity contribution is 5.43. The van der Waals surface area contributed by atoms with Crippen LogP contribution in [0.25, 0.3) is 0 Å². The van der Waals surface area contributed by atoms with Crippen LogP contribution in [0, 0.1) is 0 Å². The predicted octanol–water partition coefficient (Wildman–Crippen LogP) is 2.32. The molecule has 0 amide bonds. The molecule has 19 heavy (non-hydrogen) atoms. The van der Waals surface area contributed by atoms with E-state index in [1.165, 1.54) is 56.6 Å². The van der Waals surface area contributed by atoms with Crippen LogP contribution >= 0.6 is 0 Å². The molecular formula is C16H24N2O. The SMILES string of the molecule is COc1cccc2c1CCCC2N1CCN(C)CC1. The highest BCUT2D eigenvalue weighted by atomic mass is 16.5. The van der Waals surface area contributed by atoms with Gasteiger partial charge in [0.15, 0.2) is 0 Å². The number of fused-ring (bicyclic) bond motifs is 1. The second kappa shape index (κ2) is 5.51. The quantitative estimate of drug-likeness (QED) is 0.811. The molecule has 0 radical (unpaired) electrons. The zero-order valence-electron chi connectivity index (χ0n) is 12.1. The number of methoxy groups -OCH3 is 1. The van der Waals surface area contributed by atoms with Crippen molar-refractivity contribution < 1.29 is 4.74 Å². The fourth-order valence-corrected chi connectivity index (χ4v) is 3.49. The standard InChI is InChI=1S/C16H24N2O/c1-17-9-11-18(12-10-17)15-7-3-6-14-13(15)5-4-8-16(14)19-2/h4-5,8,15H,3,6-7,9-12H2,1-2H3. The van der Waals surface area contributed by atoms with Crippen molar-refractivity contribution in [2.24, 2.45) is 0 Å². The summed E-state index contributed by atoms with van der Waals surface area (Å²) in [5.41, 5.74) is 2.95. The van der Waals surface area contributed by atoms with Crippen LogP contribution in [0.1, 0.15) is 30.0 Å². The van der Waals surface area contributed by atoms with E-state index in [0.717, 1.165) is 5.75 Å². The normalized spacial score (nSPS) is 25.1. The Hall–Kier alpha value is -1.06. The minimum Gasteiger partial charge on any atom is -0.496 e. The van der Waals surface area contributed by atoms with Gasteiger partial charge >= 0.3 is 0 Å². The first-order chi connectivity index (χ1) is 9.29.